The summed E-state index contributed by atoms with van der Waals surface area (Å²) in [5.74, 6) is 1.10. The molecule has 0 radical (unpaired) electrons. The maximum Gasteiger partial charge on any atom is 0.122 e. The lowest BCUT2D eigenvalue weighted by molar-refractivity contribution is 0.531. The third-order valence-corrected chi connectivity index (χ3v) is 3.04. The van der Waals surface area contributed by atoms with Crippen LogP contribution in [0.25, 0.3) is 0 Å². The van der Waals surface area contributed by atoms with E-state index in [1.807, 2.05) is 36.9 Å². The van der Waals surface area contributed by atoms with Gasteiger partial charge in [-0.15, -0.1) is 0 Å². The zero-order chi connectivity index (χ0) is 12.8. The lowest BCUT2D eigenvalue weighted by atomic mass is 10.1. The highest BCUT2D eigenvalue weighted by Crippen LogP contribution is 2.11. The molecule has 96 valence electrons. The van der Waals surface area contributed by atoms with Crippen LogP contribution in [-0.2, 0) is 13.1 Å². The van der Waals surface area contributed by atoms with Crippen molar-refractivity contribution >= 4 is 0 Å². The molecule has 0 saturated carbocycles. The van der Waals surface area contributed by atoms with Gasteiger partial charge in [0.15, 0.2) is 0 Å². The van der Waals surface area contributed by atoms with Gasteiger partial charge in [-0.2, -0.15) is 0 Å². The minimum absolute atomic E-state index is 0.305. The first kappa shape index (κ1) is 12.8. The molecule has 0 saturated heterocycles. The summed E-state index contributed by atoms with van der Waals surface area (Å²) in [7, 11) is 0. The lowest BCUT2D eigenvalue weighted by Crippen LogP contribution is -2.20. The van der Waals surface area contributed by atoms with Crippen molar-refractivity contribution in [3.63, 3.8) is 0 Å². The first-order chi connectivity index (χ1) is 8.81. The van der Waals surface area contributed by atoms with Crippen LogP contribution in [0.5, 0.6) is 0 Å². The van der Waals surface area contributed by atoms with E-state index in [9.17, 15) is 0 Å². The molecule has 2 aromatic heterocycles. The van der Waals surface area contributed by atoms with Crippen LogP contribution in [0.1, 0.15) is 37.7 Å². The fraction of sp³-hybridized carbons (Fsp3) is 0.429. The molecule has 0 unspecified atom stereocenters. The number of aromatic nitrogens is 3. The number of pyridine rings is 1. The Labute approximate surface area is 108 Å². The molecule has 18 heavy (non-hydrogen) atoms. The monoisotopic (exact) mass is 244 g/mol. The van der Waals surface area contributed by atoms with E-state index in [0.29, 0.717) is 6.04 Å². The van der Waals surface area contributed by atoms with E-state index in [1.54, 1.807) is 0 Å². The third-order valence-electron chi connectivity index (χ3n) is 3.04. The molecule has 0 fully saturated rings. The number of aryl methyl sites for hydroxylation is 1. The van der Waals surface area contributed by atoms with E-state index < -0.39 is 0 Å². The van der Waals surface area contributed by atoms with Gasteiger partial charge in [-0.05, 0) is 31.0 Å². The SMILES string of the molecule is CCCn1ccnc1CN[C@@H](C)c1ccncc1. The Morgan fingerprint density at radius 1 is 1.28 bits per heavy atom. The summed E-state index contributed by atoms with van der Waals surface area (Å²) in [5, 5.41) is 3.49. The summed E-state index contributed by atoms with van der Waals surface area (Å²) in [6.45, 7) is 6.15. The van der Waals surface area contributed by atoms with Crippen LogP contribution in [0.15, 0.2) is 36.9 Å². The van der Waals surface area contributed by atoms with Crippen LogP contribution >= 0.6 is 0 Å². The summed E-state index contributed by atoms with van der Waals surface area (Å²) in [4.78, 5) is 8.42. The highest BCUT2D eigenvalue weighted by atomic mass is 15.1. The van der Waals surface area contributed by atoms with E-state index >= 15 is 0 Å². The lowest BCUT2D eigenvalue weighted by Gasteiger charge is -2.14. The summed E-state index contributed by atoms with van der Waals surface area (Å²) in [6, 6.07) is 4.38. The molecule has 0 amide bonds. The minimum atomic E-state index is 0.305. The Bertz CT molecular complexity index is 464. The van der Waals surface area contributed by atoms with E-state index in [4.69, 9.17) is 0 Å². The van der Waals surface area contributed by atoms with Gasteiger partial charge in [0.05, 0.1) is 6.54 Å². The molecule has 0 aromatic carbocycles. The fourth-order valence-electron chi connectivity index (χ4n) is 1.97. The van der Waals surface area contributed by atoms with E-state index in [2.05, 4.69) is 33.7 Å². The zero-order valence-corrected chi connectivity index (χ0v) is 11.0. The molecule has 4 heteroatoms. The second kappa shape index (κ2) is 6.31. The molecule has 1 atom stereocenters. The first-order valence-electron chi connectivity index (χ1n) is 6.44. The van der Waals surface area contributed by atoms with Crippen molar-refractivity contribution in [1.29, 1.82) is 0 Å². The third kappa shape index (κ3) is 3.17. The Morgan fingerprint density at radius 2 is 2.06 bits per heavy atom. The summed E-state index contributed by atoms with van der Waals surface area (Å²) in [5.41, 5.74) is 1.25. The molecule has 4 nitrogen and oxygen atoms in total. The predicted molar refractivity (Wildman–Crippen MR) is 72.0 cm³/mol. The van der Waals surface area contributed by atoms with E-state index in [1.165, 1.54) is 5.56 Å². The fourth-order valence-corrected chi connectivity index (χ4v) is 1.97. The van der Waals surface area contributed by atoms with Gasteiger partial charge >= 0.3 is 0 Å². The van der Waals surface area contributed by atoms with E-state index in [0.717, 1.165) is 25.3 Å². The molecule has 0 bridgehead atoms. The molecular formula is C14H20N4. The Morgan fingerprint density at radius 3 is 2.78 bits per heavy atom. The van der Waals surface area contributed by atoms with Crippen LogP contribution in [0.2, 0.25) is 0 Å². The van der Waals surface area contributed by atoms with Crippen molar-refractivity contribution in [2.75, 3.05) is 0 Å². The Hall–Kier alpha value is -1.68. The minimum Gasteiger partial charge on any atom is -0.334 e. The number of nitrogens with one attached hydrogen (secondary N) is 1. The van der Waals surface area contributed by atoms with Crippen molar-refractivity contribution in [3.8, 4) is 0 Å². The van der Waals surface area contributed by atoms with Gasteiger partial charge < -0.3 is 9.88 Å². The topological polar surface area (TPSA) is 42.7 Å². The maximum atomic E-state index is 4.39. The van der Waals surface area contributed by atoms with Crippen LogP contribution in [-0.4, -0.2) is 14.5 Å². The summed E-state index contributed by atoms with van der Waals surface area (Å²) < 4.78 is 2.20. The van der Waals surface area contributed by atoms with Gasteiger partial charge in [0.1, 0.15) is 5.82 Å². The number of rotatable bonds is 6. The molecule has 0 aliphatic carbocycles. The van der Waals surface area contributed by atoms with Gasteiger partial charge in [-0.3, -0.25) is 4.98 Å². The molecule has 0 aliphatic heterocycles. The standard InChI is InChI=1S/C14H20N4/c1-3-9-18-10-8-16-14(18)11-17-12(2)13-4-6-15-7-5-13/h4-8,10,12,17H,3,9,11H2,1-2H3/t12-/m0/s1. The average Bonchev–Trinajstić information content (AvgIpc) is 2.85. The quantitative estimate of drug-likeness (QED) is 0.849. The predicted octanol–water partition coefficient (Wildman–Crippen LogP) is 2.54. The maximum absolute atomic E-state index is 4.39. The van der Waals surface area contributed by atoms with E-state index in [-0.39, 0.29) is 0 Å². The number of imidazole rings is 1. The smallest absolute Gasteiger partial charge is 0.122 e. The summed E-state index contributed by atoms with van der Waals surface area (Å²) in [6.07, 6.45) is 8.68. The van der Waals surface area contributed by atoms with Crippen LogP contribution < -0.4 is 5.32 Å². The van der Waals surface area contributed by atoms with Crippen molar-refractivity contribution < 1.29 is 0 Å². The molecule has 2 heterocycles. The molecule has 0 aliphatic rings. The van der Waals surface area contributed by atoms with Crippen molar-refractivity contribution in [3.05, 3.63) is 48.3 Å². The molecule has 0 spiro atoms. The first-order valence-corrected chi connectivity index (χ1v) is 6.44. The highest BCUT2D eigenvalue weighted by Gasteiger charge is 2.06. The van der Waals surface area contributed by atoms with Gasteiger partial charge in [-0.1, -0.05) is 6.92 Å². The second-order valence-corrected chi connectivity index (χ2v) is 4.42. The molecule has 1 N–H and O–H groups in total. The highest BCUT2D eigenvalue weighted by molar-refractivity contribution is 5.14. The van der Waals surface area contributed by atoms with Gasteiger partial charge in [0.2, 0.25) is 0 Å². The number of nitrogens with zero attached hydrogens (tertiary/aromatic N) is 3. The van der Waals surface area contributed by atoms with Crippen LogP contribution in [0.4, 0.5) is 0 Å². The van der Waals surface area contributed by atoms with Gasteiger partial charge in [0.25, 0.3) is 0 Å². The largest absolute Gasteiger partial charge is 0.334 e. The zero-order valence-electron chi connectivity index (χ0n) is 11.0. The molecule has 2 aromatic rings. The summed E-state index contributed by atoms with van der Waals surface area (Å²) >= 11 is 0. The normalized spacial score (nSPS) is 12.6. The van der Waals surface area contributed by atoms with Crippen molar-refractivity contribution in [2.24, 2.45) is 0 Å². The van der Waals surface area contributed by atoms with Crippen molar-refractivity contribution in [2.45, 2.75) is 39.4 Å². The molecular weight excluding hydrogens is 224 g/mol. The van der Waals surface area contributed by atoms with Gasteiger partial charge in [0, 0.05) is 37.4 Å². The Balaban J connectivity index is 1.93. The number of hydrogen-bond donors (Lipinski definition) is 1. The van der Waals surface area contributed by atoms with Gasteiger partial charge in [-0.25, -0.2) is 4.98 Å². The second-order valence-electron chi connectivity index (χ2n) is 4.42. The number of hydrogen-bond acceptors (Lipinski definition) is 3. The average molecular weight is 244 g/mol. The van der Waals surface area contributed by atoms with Crippen LogP contribution in [0, 0.1) is 0 Å². The Kier molecular flexibility index (Phi) is 4.47. The van der Waals surface area contributed by atoms with Crippen molar-refractivity contribution in [1.82, 2.24) is 19.9 Å². The molecule has 2 rings (SSSR count). The van der Waals surface area contributed by atoms with Crippen LogP contribution in [0.3, 0.4) is 0 Å².